The quantitative estimate of drug-likeness (QED) is 0.303. The summed E-state index contributed by atoms with van der Waals surface area (Å²) in [7, 11) is 0. The zero-order valence-electron chi connectivity index (χ0n) is 14.3. The third kappa shape index (κ3) is 22.8. The van der Waals surface area contributed by atoms with Crippen molar-refractivity contribution in [3.05, 3.63) is 0 Å². The van der Waals surface area contributed by atoms with Gasteiger partial charge in [-0.25, -0.2) is 0 Å². The van der Waals surface area contributed by atoms with Crippen LogP contribution in [0.25, 0.3) is 0 Å². The predicted octanol–water partition coefficient (Wildman–Crippen LogP) is 2.79. The molecule has 0 bridgehead atoms. The van der Waals surface area contributed by atoms with Crippen molar-refractivity contribution in [1.29, 1.82) is 0 Å². The second-order valence-corrected chi connectivity index (χ2v) is 5.50. The van der Waals surface area contributed by atoms with Crippen LogP contribution in [0.4, 0.5) is 0 Å². The second kappa shape index (κ2) is 20.4. The van der Waals surface area contributed by atoms with E-state index in [1.807, 2.05) is 0 Å². The minimum absolute atomic E-state index is 0. The van der Waals surface area contributed by atoms with E-state index in [1.165, 1.54) is 64.2 Å². The van der Waals surface area contributed by atoms with Crippen LogP contribution < -0.4 is 10.6 Å². The van der Waals surface area contributed by atoms with Gasteiger partial charge in [0.1, 0.15) is 0 Å². The van der Waals surface area contributed by atoms with Crippen LogP contribution in [0, 0.1) is 0 Å². The van der Waals surface area contributed by atoms with E-state index >= 15 is 0 Å². The van der Waals surface area contributed by atoms with Gasteiger partial charge in [-0.05, 0) is 13.0 Å². The van der Waals surface area contributed by atoms with Crippen molar-refractivity contribution in [3.8, 4) is 0 Å². The van der Waals surface area contributed by atoms with E-state index < -0.39 is 5.97 Å². The van der Waals surface area contributed by atoms with Gasteiger partial charge in [0.2, 0.25) is 0 Å². The molecule has 0 aromatic carbocycles. The first kappa shape index (κ1) is 23.7. The molecule has 0 aliphatic rings. The molecule has 0 unspecified atom stereocenters. The average molecular weight is 309 g/mol. The van der Waals surface area contributed by atoms with Crippen LogP contribution in [-0.4, -0.2) is 66.8 Å². The van der Waals surface area contributed by atoms with Crippen LogP contribution in [0.2, 0.25) is 0 Å². The van der Waals surface area contributed by atoms with E-state index in [4.69, 9.17) is 5.11 Å². The average Bonchev–Trinajstić information content (AvgIpc) is 2.43. The molecule has 0 spiro atoms. The maximum atomic E-state index is 10.3. The van der Waals surface area contributed by atoms with Crippen molar-refractivity contribution >= 4 is 35.5 Å². The minimum Gasteiger partial charge on any atom is -0.480 e. The van der Waals surface area contributed by atoms with Crippen molar-refractivity contribution < 1.29 is 9.90 Å². The van der Waals surface area contributed by atoms with Gasteiger partial charge in [-0.3, -0.25) is 4.79 Å². The third-order valence-electron chi connectivity index (χ3n) is 3.46. The first-order valence-electron chi connectivity index (χ1n) is 8.40. The van der Waals surface area contributed by atoms with Gasteiger partial charge in [0, 0.05) is 42.6 Å². The molecule has 0 aromatic heterocycles. The number of hydrogen-bond acceptors (Lipinski definition) is 3. The van der Waals surface area contributed by atoms with Gasteiger partial charge < -0.3 is 15.7 Å². The van der Waals surface area contributed by atoms with Crippen LogP contribution in [0.5, 0.6) is 0 Å². The van der Waals surface area contributed by atoms with Gasteiger partial charge >= 0.3 is 5.97 Å². The molecular weight excluding hydrogens is 275 g/mol. The topological polar surface area (TPSA) is 61.4 Å². The van der Waals surface area contributed by atoms with Gasteiger partial charge in [0.25, 0.3) is 0 Å². The molecule has 0 saturated heterocycles. The number of hydrogen-bond donors (Lipinski definition) is 3. The number of carboxylic acids is 1. The summed E-state index contributed by atoms with van der Waals surface area (Å²) in [5, 5.41) is 14.6. The van der Waals surface area contributed by atoms with E-state index in [9.17, 15) is 4.79 Å². The molecule has 5 heteroatoms. The Morgan fingerprint density at radius 1 is 0.762 bits per heavy atom. The molecule has 4 nitrogen and oxygen atoms in total. The number of carboxylic acid groups (broad SMARTS) is 1. The fraction of sp³-hybridized carbons (Fsp3) is 0.938. The molecule has 0 aliphatic carbocycles. The number of carbonyl (C=O) groups is 1. The van der Waals surface area contributed by atoms with Crippen molar-refractivity contribution in [2.45, 2.75) is 71.1 Å². The zero-order valence-corrected chi connectivity index (χ0v) is 16.3. The maximum absolute atomic E-state index is 10.3. The number of aliphatic carboxylic acids is 1. The Kier molecular flexibility index (Phi) is 23.0. The fourth-order valence-electron chi connectivity index (χ4n) is 2.23. The molecule has 0 heterocycles. The molecule has 0 aliphatic heterocycles. The Labute approximate surface area is 153 Å². The second-order valence-electron chi connectivity index (χ2n) is 5.50. The molecule has 0 atom stereocenters. The summed E-state index contributed by atoms with van der Waals surface area (Å²) in [6, 6.07) is 0. The molecule has 0 amide bonds. The molecule has 3 N–H and O–H groups in total. The Balaban J connectivity index is 0. The summed E-state index contributed by atoms with van der Waals surface area (Å²) in [6.07, 6.45) is 13.6. The number of rotatable bonds is 16. The van der Waals surface area contributed by atoms with Crippen LogP contribution in [0.1, 0.15) is 71.1 Å². The Morgan fingerprint density at radius 3 is 1.76 bits per heavy atom. The summed E-state index contributed by atoms with van der Waals surface area (Å²) in [5.41, 5.74) is 0. The fourth-order valence-corrected chi connectivity index (χ4v) is 2.23. The molecule has 21 heavy (non-hydrogen) atoms. The van der Waals surface area contributed by atoms with Crippen LogP contribution in [0.15, 0.2) is 0 Å². The SMILES string of the molecule is CCCCCCCCCCCCNCCNCC(=O)O.[Na]. The van der Waals surface area contributed by atoms with Gasteiger partial charge in [-0.2, -0.15) is 0 Å². The molecule has 0 aromatic rings. The van der Waals surface area contributed by atoms with Crippen LogP contribution in [-0.2, 0) is 4.79 Å². The van der Waals surface area contributed by atoms with E-state index in [1.54, 1.807) is 0 Å². The predicted molar refractivity (Wildman–Crippen MR) is 91.0 cm³/mol. The first-order chi connectivity index (χ1) is 9.77. The molecule has 1 radical (unpaired) electrons. The minimum atomic E-state index is -0.792. The Morgan fingerprint density at radius 2 is 1.24 bits per heavy atom. The molecule has 121 valence electrons. The zero-order chi connectivity index (χ0) is 14.9. The van der Waals surface area contributed by atoms with Gasteiger partial charge in [0.15, 0.2) is 0 Å². The van der Waals surface area contributed by atoms with Crippen molar-refractivity contribution in [2.24, 2.45) is 0 Å². The van der Waals surface area contributed by atoms with E-state index in [0.29, 0.717) is 0 Å². The summed E-state index contributed by atoms with van der Waals surface area (Å²) in [5.74, 6) is -0.792. The molecule has 0 fully saturated rings. The summed E-state index contributed by atoms with van der Waals surface area (Å²) in [4.78, 5) is 10.3. The first-order valence-corrected chi connectivity index (χ1v) is 8.40. The standard InChI is InChI=1S/C16H34N2O2.Na/c1-2-3-4-5-6-7-8-9-10-11-12-17-13-14-18-15-16(19)20;/h17-18H,2-15H2,1H3,(H,19,20);. The third-order valence-corrected chi connectivity index (χ3v) is 3.46. The monoisotopic (exact) mass is 309 g/mol. The molecule has 0 rings (SSSR count). The van der Waals surface area contributed by atoms with Gasteiger partial charge in [0.05, 0.1) is 6.54 Å². The van der Waals surface area contributed by atoms with Gasteiger partial charge in [-0.1, -0.05) is 64.7 Å². The largest absolute Gasteiger partial charge is 0.480 e. The van der Waals surface area contributed by atoms with E-state index in [0.717, 1.165) is 19.6 Å². The number of nitrogens with one attached hydrogen (secondary N) is 2. The van der Waals surface area contributed by atoms with Gasteiger partial charge in [-0.15, -0.1) is 0 Å². The van der Waals surface area contributed by atoms with Crippen molar-refractivity contribution in [1.82, 2.24) is 10.6 Å². The van der Waals surface area contributed by atoms with E-state index in [-0.39, 0.29) is 36.1 Å². The summed E-state index contributed by atoms with van der Waals surface area (Å²) < 4.78 is 0. The smallest absolute Gasteiger partial charge is 0.317 e. The normalized spacial score (nSPS) is 10.3. The van der Waals surface area contributed by atoms with Crippen LogP contribution in [0.3, 0.4) is 0 Å². The van der Waals surface area contributed by atoms with Crippen molar-refractivity contribution in [2.75, 3.05) is 26.2 Å². The van der Waals surface area contributed by atoms with Crippen molar-refractivity contribution in [3.63, 3.8) is 0 Å². The molecular formula is C16H34N2NaO2. The van der Waals surface area contributed by atoms with Crippen LogP contribution >= 0.6 is 0 Å². The number of unbranched alkanes of at least 4 members (excludes halogenated alkanes) is 9. The molecule has 0 saturated carbocycles. The summed E-state index contributed by atoms with van der Waals surface area (Å²) in [6.45, 7) is 4.94. The Hall–Kier alpha value is 0.390. The van der Waals surface area contributed by atoms with E-state index in [2.05, 4.69) is 17.6 Å². The Bertz CT molecular complexity index is 216. The maximum Gasteiger partial charge on any atom is 0.317 e. The summed E-state index contributed by atoms with van der Waals surface area (Å²) >= 11 is 0.